The fourth-order valence-electron chi connectivity index (χ4n) is 2.45. The minimum Gasteiger partial charge on any atom is -0.132 e. The molecule has 1 saturated carbocycles. The maximum absolute atomic E-state index is 5.14. The Morgan fingerprint density at radius 3 is 2.29 bits per heavy atom. The molecule has 0 unspecified atom stereocenters. The molecule has 0 aromatic carbocycles. The molecule has 0 atom stereocenters. The van der Waals surface area contributed by atoms with Crippen LogP contribution in [-0.4, -0.2) is 4.20 Å². The smallest absolute Gasteiger partial charge is 0.0704 e. The molecule has 0 radical (unpaired) electrons. The van der Waals surface area contributed by atoms with Crippen LogP contribution < -0.4 is 0 Å². The van der Waals surface area contributed by atoms with E-state index in [-0.39, 0.29) is 0 Å². The number of hydrogen-bond acceptors (Lipinski definition) is 1. The molecule has 14 heavy (non-hydrogen) atoms. The van der Waals surface area contributed by atoms with Crippen LogP contribution >= 0.6 is 24.8 Å². The molecule has 0 saturated heterocycles. The van der Waals surface area contributed by atoms with Crippen LogP contribution in [0.4, 0.5) is 0 Å². The fourth-order valence-corrected chi connectivity index (χ4v) is 2.72. The van der Waals surface area contributed by atoms with Crippen molar-refractivity contribution >= 4 is 29.0 Å². The van der Waals surface area contributed by atoms with Crippen LogP contribution in [0.5, 0.6) is 0 Å². The maximum atomic E-state index is 5.14. The number of allylic oxidation sites excluding steroid dienone is 1. The molecule has 0 nitrogen and oxygen atoms in total. The molecule has 0 aliphatic heterocycles. The van der Waals surface area contributed by atoms with Gasteiger partial charge in [0.1, 0.15) is 0 Å². The van der Waals surface area contributed by atoms with Gasteiger partial charge in [0, 0.05) is 0 Å². The van der Waals surface area contributed by atoms with Crippen molar-refractivity contribution < 1.29 is 0 Å². The van der Waals surface area contributed by atoms with E-state index in [1.54, 1.807) is 5.57 Å². The monoisotopic (exact) mass is 228 g/mol. The minimum absolute atomic E-state index is 0.785. The lowest BCUT2D eigenvalue weighted by atomic mass is 9.81. The van der Waals surface area contributed by atoms with Crippen molar-refractivity contribution in [3.63, 3.8) is 0 Å². The lowest BCUT2D eigenvalue weighted by Gasteiger charge is -2.25. The Morgan fingerprint density at radius 1 is 1.29 bits per heavy atom. The Balaban J connectivity index is 2.78. The molecule has 2 heteroatoms. The molecule has 0 amide bonds. The standard InChI is InChI=1S/C12H20S2/c1-3-11(9(2)12(13)14)10-7-5-4-6-8-10/h10H,3-8H2,1-2H3,(H,13,14). The van der Waals surface area contributed by atoms with Gasteiger partial charge in [-0.1, -0.05) is 44.0 Å². The zero-order chi connectivity index (χ0) is 10.6. The van der Waals surface area contributed by atoms with Crippen LogP contribution in [0.15, 0.2) is 11.1 Å². The van der Waals surface area contributed by atoms with Gasteiger partial charge in [0.05, 0.1) is 4.20 Å². The number of thiocarbonyl (C=S) groups is 1. The third-order valence-electron chi connectivity index (χ3n) is 3.28. The lowest BCUT2D eigenvalue weighted by Crippen LogP contribution is -2.11. The van der Waals surface area contributed by atoms with Gasteiger partial charge in [-0.05, 0) is 37.7 Å². The van der Waals surface area contributed by atoms with Gasteiger partial charge >= 0.3 is 0 Å². The molecule has 1 aliphatic carbocycles. The van der Waals surface area contributed by atoms with Crippen LogP contribution in [0.25, 0.3) is 0 Å². The topological polar surface area (TPSA) is 0 Å². The summed E-state index contributed by atoms with van der Waals surface area (Å²) >= 11 is 9.42. The third kappa shape index (κ3) is 3.09. The molecule has 0 heterocycles. The van der Waals surface area contributed by atoms with Gasteiger partial charge in [-0.2, -0.15) is 0 Å². The van der Waals surface area contributed by atoms with Gasteiger partial charge in [0.25, 0.3) is 0 Å². The molecular weight excluding hydrogens is 208 g/mol. The second-order valence-corrected chi connectivity index (χ2v) is 5.30. The summed E-state index contributed by atoms with van der Waals surface area (Å²) in [6.45, 7) is 4.36. The zero-order valence-corrected chi connectivity index (χ0v) is 10.9. The van der Waals surface area contributed by atoms with Gasteiger partial charge in [0.2, 0.25) is 0 Å². The van der Waals surface area contributed by atoms with E-state index in [2.05, 4.69) is 26.5 Å². The predicted molar refractivity (Wildman–Crippen MR) is 71.2 cm³/mol. The normalized spacial score (nSPS) is 20.5. The van der Waals surface area contributed by atoms with Crippen LogP contribution in [0.3, 0.4) is 0 Å². The SMILES string of the molecule is CCC(=C(C)C(=S)S)C1CCCCC1. The molecule has 0 N–H and O–H groups in total. The van der Waals surface area contributed by atoms with Gasteiger partial charge in [0.15, 0.2) is 0 Å². The maximum Gasteiger partial charge on any atom is 0.0704 e. The van der Waals surface area contributed by atoms with E-state index >= 15 is 0 Å². The molecule has 80 valence electrons. The Kier molecular flexibility index (Phi) is 5.18. The second kappa shape index (κ2) is 5.92. The number of thiol groups is 1. The molecule has 0 bridgehead atoms. The summed E-state index contributed by atoms with van der Waals surface area (Å²) in [4.78, 5) is 0. The molecular formula is C12H20S2. The minimum atomic E-state index is 0.785. The van der Waals surface area contributed by atoms with Crippen molar-refractivity contribution in [3.8, 4) is 0 Å². The molecule has 1 rings (SSSR count). The first kappa shape index (κ1) is 12.3. The summed E-state index contributed by atoms with van der Waals surface area (Å²) in [7, 11) is 0. The molecule has 0 aromatic heterocycles. The average molecular weight is 228 g/mol. The summed E-state index contributed by atoms with van der Waals surface area (Å²) in [5.74, 6) is 0.791. The van der Waals surface area contributed by atoms with Crippen molar-refractivity contribution in [2.45, 2.75) is 52.4 Å². The summed E-state index contributed by atoms with van der Waals surface area (Å²) < 4.78 is 0.785. The van der Waals surface area contributed by atoms with E-state index in [4.69, 9.17) is 12.2 Å². The predicted octanol–water partition coefficient (Wildman–Crippen LogP) is 4.55. The number of hydrogen-bond donors (Lipinski definition) is 1. The molecule has 0 aromatic rings. The van der Waals surface area contributed by atoms with Crippen LogP contribution in [0, 0.1) is 5.92 Å². The Hall–Kier alpha value is 0.180. The van der Waals surface area contributed by atoms with Gasteiger partial charge in [-0.3, -0.25) is 0 Å². The van der Waals surface area contributed by atoms with Gasteiger partial charge in [-0.15, -0.1) is 12.6 Å². The van der Waals surface area contributed by atoms with Crippen LogP contribution in [-0.2, 0) is 0 Å². The summed E-state index contributed by atoms with van der Waals surface area (Å²) in [5, 5.41) is 0. The summed E-state index contributed by atoms with van der Waals surface area (Å²) in [5.41, 5.74) is 2.82. The van der Waals surface area contributed by atoms with Crippen molar-refractivity contribution in [2.75, 3.05) is 0 Å². The summed E-state index contributed by atoms with van der Waals surface area (Å²) in [6, 6.07) is 0. The van der Waals surface area contributed by atoms with E-state index < -0.39 is 0 Å². The highest BCUT2D eigenvalue weighted by atomic mass is 32.1. The molecule has 1 fully saturated rings. The van der Waals surface area contributed by atoms with E-state index in [9.17, 15) is 0 Å². The Bertz CT molecular complexity index is 235. The quantitative estimate of drug-likeness (QED) is 0.420. The second-order valence-electron chi connectivity index (χ2n) is 4.14. The van der Waals surface area contributed by atoms with Crippen molar-refractivity contribution in [2.24, 2.45) is 5.92 Å². The van der Waals surface area contributed by atoms with Crippen molar-refractivity contribution in [3.05, 3.63) is 11.1 Å². The van der Waals surface area contributed by atoms with Crippen LogP contribution in [0.1, 0.15) is 52.4 Å². The van der Waals surface area contributed by atoms with Gasteiger partial charge in [-0.25, -0.2) is 0 Å². The highest BCUT2D eigenvalue weighted by molar-refractivity contribution is 8.11. The first-order chi connectivity index (χ1) is 6.66. The zero-order valence-electron chi connectivity index (χ0n) is 9.18. The highest BCUT2D eigenvalue weighted by Gasteiger charge is 2.18. The summed E-state index contributed by atoms with van der Waals surface area (Å²) in [6.07, 6.45) is 8.05. The van der Waals surface area contributed by atoms with Gasteiger partial charge < -0.3 is 0 Å². The third-order valence-corrected chi connectivity index (χ3v) is 3.92. The van der Waals surface area contributed by atoms with E-state index in [0.29, 0.717) is 0 Å². The Morgan fingerprint density at radius 2 is 1.86 bits per heavy atom. The lowest BCUT2D eigenvalue weighted by molar-refractivity contribution is 0.395. The largest absolute Gasteiger partial charge is 0.132 e. The average Bonchev–Trinajstić information content (AvgIpc) is 2.20. The first-order valence-electron chi connectivity index (χ1n) is 5.59. The van der Waals surface area contributed by atoms with E-state index in [1.165, 1.54) is 37.7 Å². The first-order valence-corrected chi connectivity index (χ1v) is 6.45. The highest BCUT2D eigenvalue weighted by Crippen LogP contribution is 2.33. The van der Waals surface area contributed by atoms with E-state index in [1.807, 2.05) is 0 Å². The fraction of sp³-hybridized carbons (Fsp3) is 0.750. The van der Waals surface area contributed by atoms with Crippen molar-refractivity contribution in [1.82, 2.24) is 0 Å². The Labute approximate surface area is 98.6 Å². The molecule has 1 aliphatic rings. The van der Waals surface area contributed by atoms with Crippen molar-refractivity contribution in [1.29, 1.82) is 0 Å². The van der Waals surface area contributed by atoms with Crippen LogP contribution in [0.2, 0.25) is 0 Å². The number of rotatable bonds is 3. The van der Waals surface area contributed by atoms with E-state index in [0.717, 1.165) is 16.5 Å². The molecule has 0 spiro atoms.